The number of thioether (sulfide) groups is 1. The van der Waals surface area contributed by atoms with E-state index in [4.69, 9.17) is 9.26 Å². The molecular formula is C15H16N2O3S. The van der Waals surface area contributed by atoms with Crippen LogP contribution in [0.2, 0.25) is 0 Å². The van der Waals surface area contributed by atoms with Crippen LogP contribution >= 0.6 is 11.8 Å². The highest BCUT2D eigenvalue weighted by molar-refractivity contribution is 7.99. The summed E-state index contributed by atoms with van der Waals surface area (Å²) in [7, 11) is 0. The summed E-state index contributed by atoms with van der Waals surface area (Å²) in [6.07, 6.45) is 2.08. The van der Waals surface area contributed by atoms with Gasteiger partial charge in [0, 0.05) is 10.6 Å². The van der Waals surface area contributed by atoms with Crippen LogP contribution < -0.4 is 4.74 Å². The van der Waals surface area contributed by atoms with Crippen LogP contribution in [0.4, 0.5) is 0 Å². The first-order valence-corrected chi connectivity index (χ1v) is 8.17. The van der Waals surface area contributed by atoms with E-state index in [1.165, 1.54) is 0 Å². The number of aliphatic hydroxyl groups is 1. The average Bonchev–Trinajstić information content (AvgIpc) is 3.27. The number of nitrogens with zero attached hydrogens (tertiary/aromatic N) is 2. The van der Waals surface area contributed by atoms with Gasteiger partial charge in [-0.15, -0.1) is 11.8 Å². The fraction of sp³-hybridized carbons (Fsp3) is 0.467. The van der Waals surface area contributed by atoms with Crippen molar-refractivity contribution in [3.05, 3.63) is 36.0 Å². The molecule has 1 N–H and O–H groups in total. The molecule has 1 aliphatic heterocycles. The van der Waals surface area contributed by atoms with E-state index >= 15 is 0 Å². The molecule has 0 radical (unpaired) electrons. The van der Waals surface area contributed by atoms with E-state index in [0.29, 0.717) is 24.1 Å². The van der Waals surface area contributed by atoms with Crippen molar-refractivity contribution in [1.29, 1.82) is 0 Å². The molecule has 21 heavy (non-hydrogen) atoms. The van der Waals surface area contributed by atoms with Crippen LogP contribution in [-0.4, -0.2) is 27.1 Å². The second-order valence-electron chi connectivity index (χ2n) is 5.52. The standard InChI is InChI=1S/C15H16N2O3S/c18-10(9-5-6-9)7-14-16-15(17-20-14)12-8-21-13-4-2-1-3-11(13)19-12/h1-4,9-10,12,18H,5-8H2. The van der Waals surface area contributed by atoms with Crippen LogP contribution in [0.3, 0.4) is 0 Å². The third-order valence-electron chi connectivity index (χ3n) is 3.83. The van der Waals surface area contributed by atoms with Crippen LogP contribution in [0.1, 0.15) is 30.7 Å². The van der Waals surface area contributed by atoms with Crippen LogP contribution in [0.15, 0.2) is 33.7 Å². The van der Waals surface area contributed by atoms with Crippen LogP contribution in [0.25, 0.3) is 0 Å². The first kappa shape index (κ1) is 13.2. The SMILES string of the molecule is OC(Cc1nc(C2CSc3ccccc3O2)no1)C1CC1. The molecule has 0 amide bonds. The average molecular weight is 304 g/mol. The number of hydrogen-bond acceptors (Lipinski definition) is 6. The van der Waals surface area contributed by atoms with E-state index < -0.39 is 0 Å². The first-order valence-electron chi connectivity index (χ1n) is 7.18. The van der Waals surface area contributed by atoms with E-state index in [0.717, 1.165) is 29.2 Å². The maximum Gasteiger partial charge on any atom is 0.229 e. The Hall–Kier alpha value is -1.53. The lowest BCUT2D eigenvalue weighted by Gasteiger charge is -2.22. The van der Waals surface area contributed by atoms with Gasteiger partial charge in [-0.2, -0.15) is 4.98 Å². The van der Waals surface area contributed by atoms with E-state index in [2.05, 4.69) is 10.1 Å². The zero-order valence-electron chi connectivity index (χ0n) is 11.4. The van der Waals surface area contributed by atoms with Crippen LogP contribution in [-0.2, 0) is 6.42 Å². The molecule has 1 fully saturated rings. The van der Waals surface area contributed by atoms with Crippen molar-refractivity contribution in [3.63, 3.8) is 0 Å². The Labute approximate surface area is 126 Å². The number of hydrogen-bond donors (Lipinski definition) is 1. The second-order valence-corrected chi connectivity index (χ2v) is 6.58. The predicted octanol–water partition coefficient (Wildman–Crippen LogP) is 2.61. The van der Waals surface area contributed by atoms with Crippen molar-refractivity contribution in [1.82, 2.24) is 10.1 Å². The second kappa shape index (κ2) is 5.35. The number of aliphatic hydroxyl groups excluding tert-OH is 1. The molecular weight excluding hydrogens is 288 g/mol. The number of para-hydroxylation sites is 1. The summed E-state index contributed by atoms with van der Waals surface area (Å²) in [5.74, 6) is 3.10. The van der Waals surface area contributed by atoms with Gasteiger partial charge < -0.3 is 14.4 Å². The molecule has 0 spiro atoms. The smallest absolute Gasteiger partial charge is 0.229 e. The van der Waals surface area contributed by atoms with Gasteiger partial charge in [-0.25, -0.2) is 0 Å². The maximum atomic E-state index is 9.93. The summed E-state index contributed by atoms with van der Waals surface area (Å²) in [6.45, 7) is 0. The summed E-state index contributed by atoms with van der Waals surface area (Å²) >= 11 is 1.73. The molecule has 5 nitrogen and oxygen atoms in total. The minimum Gasteiger partial charge on any atom is -0.480 e. The summed E-state index contributed by atoms with van der Waals surface area (Å²) in [5, 5.41) is 13.9. The lowest BCUT2D eigenvalue weighted by Crippen LogP contribution is -2.16. The monoisotopic (exact) mass is 304 g/mol. The molecule has 4 rings (SSSR count). The molecule has 2 aromatic rings. The highest BCUT2D eigenvalue weighted by atomic mass is 32.2. The molecule has 0 saturated heterocycles. The molecule has 2 unspecified atom stereocenters. The Morgan fingerprint density at radius 2 is 2.19 bits per heavy atom. The Morgan fingerprint density at radius 1 is 1.33 bits per heavy atom. The van der Waals surface area contributed by atoms with Gasteiger partial charge in [0.15, 0.2) is 6.10 Å². The molecule has 1 saturated carbocycles. The topological polar surface area (TPSA) is 68.4 Å². The summed E-state index contributed by atoms with van der Waals surface area (Å²) in [5.41, 5.74) is 0. The molecule has 0 bridgehead atoms. The van der Waals surface area contributed by atoms with E-state index in [-0.39, 0.29) is 12.2 Å². The van der Waals surface area contributed by atoms with E-state index in [1.807, 2.05) is 24.3 Å². The normalized spacial score (nSPS) is 22.4. The van der Waals surface area contributed by atoms with Crippen LogP contribution in [0.5, 0.6) is 5.75 Å². The molecule has 6 heteroatoms. The Morgan fingerprint density at radius 3 is 3.05 bits per heavy atom. The minimum absolute atomic E-state index is 0.194. The number of fused-ring (bicyclic) bond motifs is 1. The maximum absolute atomic E-state index is 9.93. The largest absolute Gasteiger partial charge is 0.480 e. The van der Waals surface area contributed by atoms with Gasteiger partial charge in [0.1, 0.15) is 5.75 Å². The van der Waals surface area contributed by atoms with Crippen LogP contribution in [0, 0.1) is 5.92 Å². The number of rotatable bonds is 4. The molecule has 2 atom stereocenters. The zero-order valence-corrected chi connectivity index (χ0v) is 12.3. The van der Waals surface area contributed by atoms with Gasteiger partial charge in [0.2, 0.25) is 11.7 Å². The summed E-state index contributed by atoms with van der Waals surface area (Å²) < 4.78 is 11.2. The number of ether oxygens (including phenoxy) is 1. The number of benzene rings is 1. The first-order chi connectivity index (χ1) is 10.3. The van der Waals surface area contributed by atoms with Gasteiger partial charge in [-0.1, -0.05) is 17.3 Å². The lowest BCUT2D eigenvalue weighted by atomic mass is 10.2. The van der Waals surface area contributed by atoms with Crippen molar-refractivity contribution in [2.45, 2.75) is 36.4 Å². The third kappa shape index (κ3) is 2.78. The van der Waals surface area contributed by atoms with Gasteiger partial charge in [0.05, 0.1) is 12.5 Å². The van der Waals surface area contributed by atoms with Gasteiger partial charge in [0.25, 0.3) is 0 Å². The molecule has 1 aromatic carbocycles. The Balaban J connectivity index is 1.46. The molecule has 110 valence electrons. The molecule has 2 aliphatic rings. The predicted molar refractivity (Wildman–Crippen MR) is 77.3 cm³/mol. The van der Waals surface area contributed by atoms with Crippen molar-refractivity contribution in [2.24, 2.45) is 5.92 Å². The Kier molecular flexibility index (Phi) is 3.35. The highest BCUT2D eigenvalue weighted by Crippen LogP contribution is 2.39. The molecule has 2 heterocycles. The summed E-state index contributed by atoms with van der Waals surface area (Å²) in [4.78, 5) is 5.52. The van der Waals surface area contributed by atoms with Gasteiger partial charge in [-0.3, -0.25) is 0 Å². The lowest BCUT2D eigenvalue weighted by molar-refractivity contribution is 0.140. The van der Waals surface area contributed by atoms with Crippen molar-refractivity contribution in [2.75, 3.05) is 5.75 Å². The zero-order chi connectivity index (χ0) is 14.2. The fourth-order valence-electron chi connectivity index (χ4n) is 2.46. The third-order valence-corrected chi connectivity index (χ3v) is 4.95. The number of aromatic nitrogens is 2. The highest BCUT2D eigenvalue weighted by Gasteiger charge is 2.32. The van der Waals surface area contributed by atoms with Gasteiger partial charge in [-0.05, 0) is 30.9 Å². The van der Waals surface area contributed by atoms with Crippen molar-refractivity contribution >= 4 is 11.8 Å². The molecule has 1 aliphatic carbocycles. The fourth-order valence-corrected chi connectivity index (χ4v) is 3.44. The Bertz CT molecular complexity index is 641. The minimum atomic E-state index is -0.360. The molecule has 1 aromatic heterocycles. The quantitative estimate of drug-likeness (QED) is 0.936. The van der Waals surface area contributed by atoms with E-state index in [1.54, 1.807) is 11.8 Å². The van der Waals surface area contributed by atoms with Crippen molar-refractivity contribution < 1.29 is 14.4 Å². The van der Waals surface area contributed by atoms with Crippen molar-refractivity contribution in [3.8, 4) is 5.75 Å². The summed E-state index contributed by atoms with van der Waals surface area (Å²) in [6, 6.07) is 7.95. The van der Waals surface area contributed by atoms with E-state index in [9.17, 15) is 5.11 Å². The van der Waals surface area contributed by atoms with Gasteiger partial charge >= 0.3 is 0 Å².